The molecule has 1 heterocycles. The molecule has 0 amide bonds. The van der Waals surface area contributed by atoms with Gasteiger partial charge in [0.1, 0.15) is 6.33 Å². The Bertz CT molecular complexity index is 247. The van der Waals surface area contributed by atoms with E-state index in [0.29, 0.717) is 10.5 Å². The molecule has 0 fully saturated rings. The van der Waals surface area contributed by atoms with Gasteiger partial charge in [0, 0.05) is 5.92 Å². The minimum Gasteiger partial charge on any atom is -0.220 e. The zero-order chi connectivity index (χ0) is 9.14. The van der Waals surface area contributed by atoms with E-state index in [4.69, 9.17) is 0 Å². The van der Waals surface area contributed by atoms with Crippen LogP contribution in [0.3, 0.4) is 0 Å². The monoisotopic (exact) mass is 175 g/mol. The van der Waals surface area contributed by atoms with Crippen molar-refractivity contribution in [1.29, 1.82) is 0 Å². The summed E-state index contributed by atoms with van der Waals surface area (Å²) in [4.78, 5) is 3.78. The van der Waals surface area contributed by atoms with Gasteiger partial charge in [-0.05, 0) is 6.42 Å². The van der Waals surface area contributed by atoms with Crippen molar-refractivity contribution >= 4 is 0 Å². The fraction of sp³-hybridized carbons (Fsp3) is 0.714. The van der Waals surface area contributed by atoms with Crippen LogP contribution in [0.2, 0.25) is 0 Å². The predicted octanol–water partition coefficient (Wildman–Crippen LogP) is 2.19. The average molecular weight is 175 g/mol. The molecule has 0 saturated carbocycles. The highest BCUT2D eigenvalue weighted by Gasteiger charge is 2.12. The highest BCUT2D eigenvalue weighted by atomic mass is 19.3. The molecule has 0 N–H and O–H groups in total. The van der Waals surface area contributed by atoms with Crippen LogP contribution in [-0.2, 0) is 0 Å². The van der Waals surface area contributed by atoms with E-state index in [9.17, 15) is 8.78 Å². The molecule has 5 heteroatoms. The van der Waals surface area contributed by atoms with Crippen LogP contribution in [0.4, 0.5) is 8.78 Å². The normalized spacial score (nSPS) is 13.8. The third kappa shape index (κ3) is 1.78. The Morgan fingerprint density at radius 3 is 2.67 bits per heavy atom. The highest BCUT2D eigenvalue weighted by molar-refractivity contribution is 4.90. The van der Waals surface area contributed by atoms with Crippen LogP contribution in [0, 0.1) is 0 Å². The fourth-order valence-electron chi connectivity index (χ4n) is 0.791. The molecule has 3 nitrogen and oxygen atoms in total. The first kappa shape index (κ1) is 9.09. The maximum atomic E-state index is 12.0. The van der Waals surface area contributed by atoms with Crippen molar-refractivity contribution in [2.75, 3.05) is 0 Å². The molecule has 1 atom stereocenters. The predicted molar refractivity (Wildman–Crippen MR) is 40.0 cm³/mol. The van der Waals surface area contributed by atoms with Crippen LogP contribution >= 0.6 is 0 Å². The third-order valence-corrected chi connectivity index (χ3v) is 1.78. The fourth-order valence-corrected chi connectivity index (χ4v) is 0.791. The molecule has 0 aliphatic rings. The van der Waals surface area contributed by atoms with E-state index in [1.165, 1.54) is 0 Å². The van der Waals surface area contributed by atoms with Gasteiger partial charge in [0.05, 0.1) is 0 Å². The number of alkyl halides is 2. The molecule has 1 aromatic rings. The standard InChI is InChI=1S/C7H11F2N3/c1-3-5(2)6-10-4-12(11-6)7(8)9/h4-5,7H,3H2,1-2H3. The molecular weight excluding hydrogens is 164 g/mol. The van der Waals surface area contributed by atoms with Crippen LogP contribution in [0.1, 0.15) is 38.6 Å². The van der Waals surface area contributed by atoms with Crippen molar-refractivity contribution in [1.82, 2.24) is 14.8 Å². The number of nitrogens with zero attached hydrogens (tertiary/aromatic N) is 3. The molecule has 0 aliphatic heterocycles. The van der Waals surface area contributed by atoms with Crippen LogP contribution < -0.4 is 0 Å². The summed E-state index contributed by atoms with van der Waals surface area (Å²) < 4.78 is 24.6. The van der Waals surface area contributed by atoms with Gasteiger partial charge in [0.2, 0.25) is 0 Å². The molecule has 0 aromatic carbocycles. The second-order valence-electron chi connectivity index (χ2n) is 2.67. The second-order valence-corrected chi connectivity index (χ2v) is 2.67. The first-order chi connectivity index (χ1) is 5.65. The summed E-state index contributed by atoms with van der Waals surface area (Å²) in [5, 5.41) is 3.64. The molecule has 68 valence electrons. The summed E-state index contributed by atoms with van der Waals surface area (Å²) in [7, 11) is 0. The van der Waals surface area contributed by atoms with Crippen molar-refractivity contribution in [2.24, 2.45) is 0 Å². The van der Waals surface area contributed by atoms with Gasteiger partial charge >= 0.3 is 6.55 Å². The Morgan fingerprint density at radius 1 is 1.58 bits per heavy atom. The van der Waals surface area contributed by atoms with Gasteiger partial charge in [-0.3, -0.25) is 0 Å². The minimum absolute atomic E-state index is 0.144. The molecule has 0 spiro atoms. The maximum absolute atomic E-state index is 12.0. The number of rotatable bonds is 3. The van der Waals surface area contributed by atoms with Crippen molar-refractivity contribution < 1.29 is 8.78 Å². The first-order valence-corrected chi connectivity index (χ1v) is 3.84. The van der Waals surface area contributed by atoms with Gasteiger partial charge in [-0.1, -0.05) is 13.8 Å². The van der Waals surface area contributed by atoms with Gasteiger partial charge in [-0.25, -0.2) is 4.98 Å². The van der Waals surface area contributed by atoms with Crippen LogP contribution in [-0.4, -0.2) is 14.8 Å². The minimum atomic E-state index is -2.59. The maximum Gasteiger partial charge on any atom is 0.334 e. The Kier molecular flexibility index (Phi) is 2.73. The Labute approximate surface area is 69.4 Å². The quantitative estimate of drug-likeness (QED) is 0.704. The third-order valence-electron chi connectivity index (χ3n) is 1.78. The van der Waals surface area contributed by atoms with E-state index < -0.39 is 6.55 Å². The Balaban J connectivity index is 2.77. The molecule has 1 aromatic heterocycles. The summed E-state index contributed by atoms with van der Waals surface area (Å²) in [6.45, 7) is 1.29. The summed E-state index contributed by atoms with van der Waals surface area (Å²) in [5.74, 6) is 0.628. The van der Waals surface area contributed by atoms with Crippen LogP contribution in [0.5, 0.6) is 0 Å². The van der Waals surface area contributed by atoms with Gasteiger partial charge in [0.15, 0.2) is 5.82 Å². The Hall–Kier alpha value is -1.00. The number of hydrogen-bond acceptors (Lipinski definition) is 2. The lowest BCUT2D eigenvalue weighted by molar-refractivity contribution is 0.0557. The highest BCUT2D eigenvalue weighted by Crippen LogP contribution is 2.15. The van der Waals surface area contributed by atoms with Crippen molar-refractivity contribution in [3.63, 3.8) is 0 Å². The summed E-state index contributed by atoms with van der Waals surface area (Å²) in [6, 6.07) is 0. The smallest absolute Gasteiger partial charge is 0.220 e. The van der Waals surface area contributed by atoms with Gasteiger partial charge in [-0.15, -0.1) is 0 Å². The van der Waals surface area contributed by atoms with Crippen molar-refractivity contribution in [3.05, 3.63) is 12.2 Å². The molecule has 0 bridgehead atoms. The molecule has 0 saturated heterocycles. The molecule has 12 heavy (non-hydrogen) atoms. The van der Waals surface area contributed by atoms with E-state index in [2.05, 4.69) is 10.1 Å². The summed E-state index contributed by atoms with van der Waals surface area (Å²) in [6.07, 6.45) is 1.92. The van der Waals surface area contributed by atoms with E-state index in [0.717, 1.165) is 12.7 Å². The van der Waals surface area contributed by atoms with E-state index in [-0.39, 0.29) is 5.92 Å². The van der Waals surface area contributed by atoms with Crippen molar-refractivity contribution in [3.8, 4) is 0 Å². The Morgan fingerprint density at radius 2 is 2.25 bits per heavy atom. The van der Waals surface area contributed by atoms with Crippen LogP contribution in [0.25, 0.3) is 0 Å². The van der Waals surface area contributed by atoms with E-state index >= 15 is 0 Å². The lowest BCUT2D eigenvalue weighted by Crippen LogP contribution is -2.01. The largest absolute Gasteiger partial charge is 0.334 e. The van der Waals surface area contributed by atoms with Gasteiger partial charge in [-0.2, -0.15) is 18.6 Å². The van der Waals surface area contributed by atoms with Gasteiger partial charge in [0.25, 0.3) is 0 Å². The molecule has 0 aliphatic carbocycles. The van der Waals surface area contributed by atoms with E-state index in [1.807, 2.05) is 13.8 Å². The van der Waals surface area contributed by atoms with Crippen LogP contribution in [0.15, 0.2) is 6.33 Å². The lowest BCUT2D eigenvalue weighted by Gasteiger charge is -2.01. The van der Waals surface area contributed by atoms with E-state index in [1.54, 1.807) is 0 Å². The number of aromatic nitrogens is 3. The average Bonchev–Trinajstić information content (AvgIpc) is 2.51. The second kappa shape index (κ2) is 3.60. The SMILES string of the molecule is CCC(C)c1ncn(C(F)F)n1. The molecule has 1 rings (SSSR count). The molecule has 1 unspecified atom stereocenters. The number of halogens is 2. The summed E-state index contributed by atoms with van der Waals surface area (Å²) >= 11 is 0. The first-order valence-electron chi connectivity index (χ1n) is 3.84. The van der Waals surface area contributed by atoms with Crippen molar-refractivity contribution in [2.45, 2.75) is 32.7 Å². The van der Waals surface area contributed by atoms with Gasteiger partial charge < -0.3 is 0 Å². The lowest BCUT2D eigenvalue weighted by atomic mass is 10.1. The summed E-state index contributed by atoms with van der Waals surface area (Å²) in [5.41, 5.74) is 0. The molecular formula is C7H11F2N3. The topological polar surface area (TPSA) is 30.7 Å². The zero-order valence-corrected chi connectivity index (χ0v) is 7.04. The number of hydrogen-bond donors (Lipinski definition) is 0. The zero-order valence-electron chi connectivity index (χ0n) is 7.04. The molecule has 0 radical (unpaired) electrons.